The summed E-state index contributed by atoms with van der Waals surface area (Å²) in [6.45, 7) is 2.63. The lowest BCUT2D eigenvalue weighted by Gasteiger charge is -2.30. The number of carbonyl (C=O) groups excluding carboxylic acids is 2. The van der Waals surface area contributed by atoms with Crippen LogP contribution in [0.3, 0.4) is 0 Å². The molecule has 7 heteroatoms. The van der Waals surface area contributed by atoms with Crippen molar-refractivity contribution in [3.05, 3.63) is 58.6 Å². The van der Waals surface area contributed by atoms with Crippen molar-refractivity contribution in [3.63, 3.8) is 0 Å². The van der Waals surface area contributed by atoms with Gasteiger partial charge in [-0.2, -0.15) is 0 Å². The average Bonchev–Trinajstić information content (AvgIpc) is 3.34. The fourth-order valence-corrected chi connectivity index (χ4v) is 4.25. The van der Waals surface area contributed by atoms with Crippen LogP contribution in [0.1, 0.15) is 51.0 Å². The largest absolute Gasteiger partial charge is 0.497 e. The lowest BCUT2D eigenvalue weighted by Crippen LogP contribution is -2.49. The van der Waals surface area contributed by atoms with Crippen LogP contribution in [0, 0.1) is 0 Å². The Hall–Kier alpha value is -2.54. The third-order valence-corrected chi connectivity index (χ3v) is 6.53. The maximum Gasteiger partial charge on any atom is 0.242 e. The van der Waals surface area contributed by atoms with E-state index in [9.17, 15) is 9.59 Å². The Labute approximate surface area is 204 Å². The average molecular weight is 517 g/mol. The molecule has 0 aliphatic heterocycles. The molecule has 6 nitrogen and oxygen atoms in total. The molecule has 2 aromatic carbocycles. The van der Waals surface area contributed by atoms with Crippen LogP contribution in [0.4, 0.5) is 0 Å². The molecule has 0 saturated heterocycles. The summed E-state index contributed by atoms with van der Waals surface area (Å²) in [6.07, 6.45) is 5.21. The molecule has 1 fully saturated rings. The predicted molar refractivity (Wildman–Crippen MR) is 132 cm³/mol. The third kappa shape index (κ3) is 7.77. The smallest absolute Gasteiger partial charge is 0.242 e. The first kappa shape index (κ1) is 25.1. The number of methoxy groups -OCH3 is 1. The molecular formula is C26H33BrN2O4. The van der Waals surface area contributed by atoms with Crippen molar-refractivity contribution in [1.29, 1.82) is 0 Å². The lowest BCUT2D eigenvalue weighted by atomic mass is 10.1. The maximum absolute atomic E-state index is 13.2. The van der Waals surface area contributed by atoms with E-state index in [1.165, 1.54) is 0 Å². The molecule has 3 rings (SSSR count). The molecule has 0 bridgehead atoms. The molecule has 1 N–H and O–H groups in total. The summed E-state index contributed by atoms with van der Waals surface area (Å²) in [5, 5.41) is 3.13. The van der Waals surface area contributed by atoms with Gasteiger partial charge in [0, 0.05) is 23.5 Å². The van der Waals surface area contributed by atoms with Crippen molar-refractivity contribution in [1.82, 2.24) is 10.2 Å². The van der Waals surface area contributed by atoms with Gasteiger partial charge in [0.25, 0.3) is 0 Å². The Kier molecular flexibility index (Phi) is 9.61. The van der Waals surface area contributed by atoms with Crippen LogP contribution in [-0.4, -0.2) is 42.5 Å². The minimum absolute atomic E-state index is 0.0506. The van der Waals surface area contributed by atoms with E-state index in [0.29, 0.717) is 26.0 Å². The second-order valence-electron chi connectivity index (χ2n) is 8.44. The molecule has 33 heavy (non-hydrogen) atoms. The van der Waals surface area contributed by atoms with Gasteiger partial charge in [-0.05, 0) is 68.1 Å². The number of hydrogen-bond donors (Lipinski definition) is 1. The number of rotatable bonds is 11. The number of halogens is 1. The highest BCUT2D eigenvalue weighted by Gasteiger charge is 2.28. The summed E-state index contributed by atoms with van der Waals surface area (Å²) < 4.78 is 11.9. The van der Waals surface area contributed by atoms with Gasteiger partial charge in [-0.25, -0.2) is 0 Å². The predicted octanol–water partition coefficient (Wildman–Crippen LogP) is 5.09. The van der Waals surface area contributed by atoms with Gasteiger partial charge in [-0.1, -0.05) is 40.9 Å². The molecule has 0 spiro atoms. The second-order valence-corrected chi connectivity index (χ2v) is 9.36. The van der Waals surface area contributed by atoms with Crippen molar-refractivity contribution >= 4 is 27.7 Å². The van der Waals surface area contributed by atoms with Crippen molar-refractivity contribution in [2.75, 3.05) is 13.7 Å². The highest BCUT2D eigenvalue weighted by Crippen LogP contribution is 2.20. The molecule has 0 heterocycles. The topological polar surface area (TPSA) is 67.9 Å². The molecule has 2 amide bonds. The number of nitrogens with zero attached hydrogens (tertiary/aromatic N) is 1. The summed E-state index contributed by atoms with van der Waals surface area (Å²) in [4.78, 5) is 27.7. The number of carbonyl (C=O) groups is 2. The zero-order chi connectivity index (χ0) is 23.6. The minimum Gasteiger partial charge on any atom is -0.497 e. The van der Waals surface area contributed by atoms with Crippen LogP contribution >= 0.6 is 15.9 Å². The zero-order valence-corrected chi connectivity index (χ0v) is 21.0. The van der Waals surface area contributed by atoms with E-state index in [2.05, 4.69) is 21.2 Å². The van der Waals surface area contributed by atoms with Crippen LogP contribution < -0.4 is 14.8 Å². The van der Waals surface area contributed by atoms with Gasteiger partial charge in [0.1, 0.15) is 17.5 Å². The van der Waals surface area contributed by atoms with Crippen LogP contribution in [-0.2, 0) is 16.1 Å². The Morgan fingerprint density at radius 2 is 1.70 bits per heavy atom. The normalized spacial score (nSPS) is 14.5. The summed E-state index contributed by atoms with van der Waals surface area (Å²) in [6, 6.07) is 14.9. The first-order chi connectivity index (χ1) is 16.0. The Morgan fingerprint density at radius 3 is 2.33 bits per heavy atom. The van der Waals surface area contributed by atoms with Crippen molar-refractivity contribution in [2.24, 2.45) is 0 Å². The van der Waals surface area contributed by atoms with Gasteiger partial charge in [0.2, 0.25) is 11.8 Å². The SMILES string of the molecule is COc1ccc(OCCCC(=O)N(Cc2ccc(Br)cc2)[C@H](C)C(=O)NC2CCCC2)cc1. The van der Waals surface area contributed by atoms with Crippen LogP contribution in [0.15, 0.2) is 53.0 Å². The first-order valence-electron chi connectivity index (χ1n) is 11.6. The van der Waals surface area contributed by atoms with E-state index in [4.69, 9.17) is 9.47 Å². The van der Waals surface area contributed by atoms with E-state index in [0.717, 1.165) is 47.2 Å². The van der Waals surface area contributed by atoms with E-state index in [1.807, 2.05) is 55.5 Å². The molecule has 1 aliphatic carbocycles. The zero-order valence-electron chi connectivity index (χ0n) is 19.4. The first-order valence-corrected chi connectivity index (χ1v) is 12.4. The highest BCUT2D eigenvalue weighted by atomic mass is 79.9. The summed E-state index contributed by atoms with van der Waals surface area (Å²) in [5.41, 5.74) is 0.988. The number of amides is 2. The standard InChI is InChI=1S/C26H33BrN2O4/c1-19(26(31)28-22-6-3-4-7-22)29(18-20-9-11-21(27)12-10-20)25(30)8-5-17-33-24-15-13-23(32-2)14-16-24/h9-16,19,22H,3-8,17-18H2,1-2H3,(H,28,31)/t19-/m1/s1. The highest BCUT2D eigenvalue weighted by molar-refractivity contribution is 9.10. The fourth-order valence-electron chi connectivity index (χ4n) is 3.99. The maximum atomic E-state index is 13.2. The Morgan fingerprint density at radius 1 is 1.06 bits per heavy atom. The van der Waals surface area contributed by atoms with Gasteiger partial charge in [-0.15, -0.1) is 0 Å². The Bertz CT molecular complexity index is 896. The molecule has 0 unspecified atom stereocenters. The lowest BCUT2D eigenvalue weighted by molar-refractivity contribution is -0.141. The van der Waals surface area contributed by atoms with E-state index >= 15 is 0 Å². The van der Waals surface area contributed by atoms with Crippen LogP contribution in [0.25, 0.3) is 0 Å². The van der Waals surface area contributed by atoms with Gasteiger partial charge in [-0.3, -0.25) is 9.59 Å². The van der Waals surface area contributed by atoms with Gasteiger partial charge >= 0.3 is 0 Å². The number of hydrogen-bond acceptors (Lipinski definition) is 4. The monoisotopic (exact) mass is 516 g/mol. The van der Waals surface area contributed by atoms with Crippen LogP contribution in [0.2, 0.25) is 0 Å². The minimum atomic E-state index is -0.538. The summed E-state index contributed by atoms with van der Waals surface area (Å²) >= 11 is 3.45. The molecule has 0 radical (unpaired) electrons. The molecular weight excluding hydrogens is 484 g/mol. The molecule has 1 saturated carbocycles. The number of benzene rings is 2. The third-order valence-electron chi connectivity index (χ3n) is 6.00. The quantitative estimate of drug-likeness (QED) is 0.422. The molecule has 1 atom stereocenters. The molecule has 0 aromatic heterocycles. The molecule has 2 aromatic rings. The van der Waals surface area contributed by atoms with Crippen LogP contribution in [0.5, 0.6) is 11.5 Å². The van der Waals surface area contributed by atoms with Crippen molar-refractivity contribution in [2.45, 2.75) is 64.1 Å². The van der Waals surface area contributed by atoms with Gasteiger partial charge < -0.3 is 19.7 Å². The Balaban J connectivity index is 1.57. The van der Waals surface area contributed by atoms with Crippen molar-refractivity contribution in [3.8, 4) is 11.5 Å². The summed E-state index contributed by atoms with van der Waals surface area (Å²) in [7, 11) is 1.62. The van der Waals surface area contributed by atoms with E-state index in [1.54, 1.807) is 12.0 Å². The van der Waals surface area contributed by atoms with E-state index < -0.39 is 6.04 Å². The summed E-state index contributed by atoms with van der Waals surface area (Å²) in [5.74, 6) is 1.37. The van der Waals surface area contributed by atoms with E-state index in [-0.39, 0.29) is 17.9 Å². The number of ether oxygens (including phenoxy) is 2. The molecule has 178 valence electrons. The fraction of sp³-hybridized carbons (Fsp3) is 0.462. The molecule has 1 aliphatic rings. The number of nitrogens with one attached hydrogen (secondary N) is 1. The van der Waals surface area contributed by atoms with Crippen molar-refractivity contribution < 1.29 is 19.1 Å². The van der Waals surface area contributed by atoms with Gasteiger partial charge in [0.05, 0.1) is 13.7 Å². The second kappa shape index (κ2) is 12.6. The van der Waals surface area contributed by atoms with Gasteiger partial charge in [0.15, 0.2) is 0 Å².